The fourth-order valence-electron chi connectivity index (χ4n) is 1.96. The molecule has 0 heterocycles. The van der Waals surface area contributed by atoms with E-state index < -0.39 is 0 Å². The van der Waals surface area contributed by atoms with Crippen molar-refractivity contribution < 1.29 is 4.79 Å². The van der Waals surface area contributed by atoms with Gasteiger partial charge in [0.25, 0.3) is 0 Å². The van der Waals surface area contributed by atoms with Crippen molar-refractivity contribution in [3.05, 3.63) is 35.9 Å². The van der Waals surface area contributed by atoms with Crippen molar-refractivity contribution in [2.24, 2.45) is 5.92 Å². The van der Waals surface area contributed by atoms with Crippen molar-refractivity contribution in [3.63, 3.8) is 0 Å². The fourth-order valence-corrected chi connectivity index (χ4v) is 1.96. The third-order valence-corrected chi connectivity index (χ3v) is 3.15. The number of hydrogen-bond donors (Lipinski definition) is 2. The molecular weight excluding hydrogens is 248 g/mol. The van der Waals surface area contributed by atoms with Crippen LogP contribution in [0.4, 0.5) is 0 Å². The minimum atomic E-state index is 0.149. The lowest BCUT2D eigenvalue weighted by Crippen LogP contribution is -2.30. The van der Waals surface area contributed by atoms with Crippen molar-refractivity contribution in [1.82, 2.24) is 10.6 Å². The average Bonchev–Trinajstić information content (AvgIpc) is 2.45. The summed E-state index contributed by atoms with van der Waals surface area (Å²) >= 11 is 0. The first kappa shape index (κ1) is 16.7. The molecule has 1 aromatic carbocycles. The number of hydrogen-bond acceptors (Lipinski definition) is 2. The van der Waals surface area contributed by atoms with E-state index in [1.54, 1.807) is 0 Å². The zero-order chi connectivity index (χ0) is 14.6. The van der Waals surface area contributed by atoms with Gasteiger partial charge in [0, 0.05) is 19.5 Å². The maximum absolute atomic E-state index is 11.5. The van der Waals surface area contributed by atoms with E-state index in [4.69, 9.17) is 0 Å². The van der Waals surface area contributed by atoms with E-state index in [-0.39, 0.29) is 5.91 Å². The lowest BCUT2D eigenvalue weighted by atomic mass is 10.1. The Hall–Kier alpha value is -1.35. The molecule has 0 atom stereocenters. The van der Waals surface area contributed by atoms with Crippen LogP contribution in [0.3, 0.4) is 0 Å². The molecule has 20 heavy (non-hydrogen) atoms. The minimum Gasteiger partial charge on any atom is -0.356 e. The largest absolute Gasteiger partial charge is 0.356 e. The lowest BCUT2D eigenvalue weighted by Gasteiger charge is -2.08. The smallest absolute Gasteiger partial charge is 0.221 e. The topological polar surface area (TPSA) is 41.1 Å². The molecule has 0 aliphatic rings. The molecule has 0 aromatic heterocycles. The van der Waals surface area contributed by atoms with Gasteiger partial charge in [-0.25, -0.2) is 0 Å². The molecule has 3 heteroatoms. The van der Waals surface area contributed by atoms with Gasteiger partial charge in [-0.3, -0.25) is 4.79 Å². The number of rotatable bonds is 10. The highest BCUT2D eigenvalue weighted by atomic mass is 16.1. The van der Waals surface area contributed by atoms with Crippen molar-refractivity contribution in [2.75, 3.05) is 19.6 Å². The van der Waals surface area contributed by atoms with Gasteiger partial charge in [-0.1, -0.05) is 44.2 Å². The van der Waals surface area contributed by atoms with Crippen LogP contribution in [0.2, 0.25) is 0 Å². The Labute approximate surface area is 123 Å². The van der Waals surface area contributed by atoms with E-state index in [0.717, 1.165) is 32.5 Å². The highest BCUT2D eigenvalue weighted by molar-refractivity contribution is 5.76. The Balaban J connectivity index is 1.91. The van der Waals surface area contributed by atoms with E-state index >= 15 is 0 Å². The van der Waals surface area contributed by atoms with Gasteiger partial charge in [-0.2, -0.15) is 0 Å². The third kappa shape index (κ3) is 8.70. The molecular formula is C17H28N2O. The quantitative estimate of drug-likeness (QED) is 0.645. The van der Waals surface area contributed by atoms with Crippen molar-refractivity contribution >= 4 is 5.91 Å². The molecule has 1 rings (SSSR count). The predicted octanol–water partition coefficient (Wildman–Crippen LogP) is 2.76. The maximum atomic E-state index is 11.5. The molecule has 0 unspecified atom stereocenters. The second-order valence-corrected chi connectivity index (χ2v) is 5.64. The van der Waals surface area contributed by atoms with Crippen LogP contribution in [0.1, 0.15) is 38.7 Å². The molecule has 0 saturated carbocycles. The van der Waals surface area contributed by atoms with Crippen LogP contribution in [0, 0.1) is 5.92 Å². The molecule has 2 N–H and O–H groups in total. The number of aryl methyl sites for hydroxylation is 1. The molecule has 1 aromatic rings. The molecule has 0 spiro atoms. The highest BCUT2D eigenvalue weighted by Crippen LogP contribution is 2.03. The standard InChI is InChI=1S/C17H28N2O/c1-15(2)14-19-17(20)11-13-18-12-7-6-10-16-8-4-3-5-9-16/h3-5,8-9,15,18H,6-7,10-14H2,1-2H3,(H,19,20). The van der Waals surface area contributed by atoms with Crippen LogP contribution in [-0.2, 0) is 11.2 Å². The Morgan fingerprint density at radius 3 is 2.55 bits per heavy atom. The van der Waals surface area contributed by atoms with Crippen LogP contribution in [0.5, 0.6) is 0 Å². The lowest BCUT2D eigenvalue weighted by molar-refractivity contribution is -0.121. The van der Waals surface area contributed by atoms with Crippen LogP contribution in [0.15, 0.2) is 30.3 Å². The molecule has 112 valence electrons. The predicted molar refractivity (Wildman–Crippen MR) is 84.7 cm³/mol. The summed E-state index contributed by atoms with van der Waals surface area (Å²) in [4.78, 5) is 11.5. The van der Waals surface area contributed by atoms with Gasteiger partial charge in [0.05, 0.1) is 0 Å². The van der Waals surface area contributed by atoms with Crippen LogP contribution < -0.4 is 10.6 Å². The second-order valence-electron chi connectivity index (χ2n) is 5.64. The zero-order valence-corrected chi connectivity index (χ0v) is 12.8. The van der Waals surface area contributed by atoms with E-state index in [2.05, 4.69) is 54.8 Å². The van der Waals surface area contributed by atoms with Gasteiger partial charge in [-0.15, -0.1) is 0 Å². The SMILES string of the molecule is CC(C)CNC(=O)CCNCCCCc1ccccc1. The number of amides is 1. The van der Waals surface area contributed by atoms with Crippen molar-refractivity contribution in [3.8, 4) is 0 Å². The van der Waals surface area contributed by atoms with Gasteiger partial charge in [0.1, 0.15) is 0 Å². The number of benzene rings is 1. The van der Waals surface area contributed by atoms with E-state index in [9.17, 15) is 4.79 Å². The van der Waals surface area contributed by atoms with Gasteiger partial charge in [0.15, 0.2) is 0 Å². The number of carbonyl (C=O) groups excluding carboxylic acids is 1. The van der Waals surface area contributed by atoms with Crippen molar-refractivity contribution in [2.45, 2.75) is 39.5 Å². The van der Waals surface area contributed by atoms with Gasteiger partial charge in [-0.05, 0) is 37.3 Å². The second kappa shape index (κ2) is 10.4. The Morgan fingerprint density at radius 1 is 1.10 bits per heavy atom. The first-order chi connectivity index (χ1) is 9.68. The summed E-state index contributed by atoms with van der Waals surface area (Å²) in [5.41, 5.74) is 1.40. The molecule has 0 bridgehead atoms. The number of nitrogens with one attached hydrogen (secondary N) is 2. The summed E-state index contributed by atoms with van der Waals surface area (Å²) in [7, 11) is 0. The van der Waals surface area contributed by atoms with Gasteiger partial charge < -0.3 is 10.6 Å². The molecule has 0 fully saturated rings. The van der Waals surface area contributed by atoms with E-state index in [1.165, 1.54) is 12.0 Å². The van der Waals surface area contributed by atoms with Gasteiger partial charge >= 0.3 is 0 Å². The summed E-state index contributed by atoms with van der Waals surface area (Å²) in [6, 6.07) is 10.6. The molecule has 1 amide bonds. The Morgan fingerprint density at radius 2 is 1.85 bits per heavy atom. The summed E-state index contributed by atoms with van der Waals surface area (Å²) in [5.74, 6) is 0.667. The zero-order valence-electron chi connectivity index (χ0n) is 12.8. The van der Waals surface area contributed by atoms with E-state index in [1.807, 2.05) is 0 Å². The number of unbranched alkanes of at least 4 members (excludes halogenated alkanes) is 1. The number of carbonyl (C=O) groups is 1. The summed E-state index contributed by atoms with van der Waals surface area (Å²) in [6.07, 6.45) is 4.06. The average molecular weight is 276 g/mol. The van der Waals surface area contributed by atoms with Crippen LogP contribution in [-0.4, -0.2) is 25.5 Å². The van der Waals surface area contributed by atoms with Crippen LogP contribution >= 0.6 is 0 Å². The summed E-state index contributed by atoms with van der Waals surface area (Å²) in [6.45, 7) is 6.74. The Bertz CT molecular complexity index is 363. The summed E-state index contributed by atoms with van der Waals surface area (Å²) < 4.78 is 0. The molecule has 0 aliphatic carbocycles. The third-order valence-electron chi connectivity index (χ3n) is 3.15. The molecule has 0 radical (unpaired) electrons. The maximum Gasteiger partial charge on any atom is 0.221 e. The first-order valence-corrected chi connectivity index (χ1v) is 7.70. The molecule has 0 saturated heterocycles. The molecule has 0 aliphatic heterocycles. The van der Waals surface area contributed by atoms with Crippen molar-refractivity contribution in [1.29, 1.82) is 0 Å². The highest BCUT2D eigenvalue weighted by Gasteiger charge is 2.01. The minimum absolute atomic E-state index is 0.149. The first-order valence-electron chi connectivity index (χ1n) is 7.70. The van der Waals surface area contributed by atoms with Crippen LogP contribution in [0.25, 0.3) is 0 Å². The fraction of sp³-hybridized carbons (Fsp3) is 0.588. The van der Waals surface area contributed by atoms with E-state index in [0.29, 0.717) is 12.3 Å². The molecule has 3 nitrogen and oxygen atoms in total. The van der Waals surface area contributed by atoms with Gasteiger partial charge in [0.2, 0.25) is 5.91 Å². The summed E-state index contributed by atoms with van der Waals surface area (Å²) in [5, 5.41) is 6.26. The normalized spacial score (nSPS) is 10.8. The Kier molecular flexibility index (Phi) is 8.72. The monoisotopic (exact) mass is 276 g/mol.